The molecule has 2 atom stereocenters. The molecular weight excluding hydrogens is 309 g/mol. The highest BCUT2D eigenvalue weighted by atomic mass is 19.1. The van der Waals surface area contributed by atoms with Crippen LogP contribution < -0.4 is 5.32 Å². The van der Waals surface area contributed by atoms with Crippen LogP contribution in [-0.4, -0.2) is 23.5 Å². The summed E-state index contributed by atoms with van der Waals surface area (Å²) >= 11 is 0. The number of aliphatic carboxylic acids is 1. The van der Waals surface area contributed by atoms with Crippen molar-refractivity contribution < 1.29 is 19.1 Å². The van der Waals surface area contributed by atoms with Gasteiger partial charge in [-0.1, -0.05) is 25.0 Å². The maximum atomic E-state index is 13.2. The van der Waals surface area contributed by atoms with Gasteiger partial charge in [-0.15, -0.1) is 0 Å². The number of carbonyl (C=O) groups is 2. The standard InChI is InChI=1S/C19H24FNO3/c20-16-7-5-15(6-8-16)19(9-1-2-10-19)12-21-17(22)13-3-4-14(11-13)18(23)24/h5-8,13-14H,1-4,9-12H2,(H,21,22)(H,23,24)/t13-,14+/m0/s1. The van der Waals surface area contributed by atoms with Crippen LogP contribution in [0.15, 0.2) is 24.3 Å². The number of hydrogen-bond acceptors (Lipinski definition) is 2. The summed E-state index contributed by atoms with van der Waals surface area (Å²) in [4.78, 5) is 23.5. The summed E-state index contributed by atoms with van der Waals surface area (Å²) in [5.74, 6) is -1.67. The van der Waals surface area contributed by atoms with E-state index in [0.29, 0.717) is 25.8 Å². The van der Waals surface area contributed by atoms with E-state index in [9.17, 15) is 14.0 Å². The van der Waals surface area contributed by atoms with Crippen LogP contribution in [0.1, 0.15) is 50.5 Å². The Labute approximate surface area is 141 Å². The number of hydrogen-bond donors (Lipinski definition) is 2. The minimum absolute atomic E-state index is 0.0351. The van der Waals surface area contributed by atoms with Gasteiger partial charge in [0.25, 0.3) is 0 Å². The van der Waals surface area contributed by atoms with Crippen LogP contribution in [0.25, 0.3) is 0 Å². The zero-order chi connectivity index (χ0) is 17.2. The van der Waals surface area contributed by atoms with Gasteiger partial charge >= 0.3 is 5.97 Å². The quantitative estimate of drug-likeness (QED) is 0.869. The molecule has 4 nitrogen and oxygen atoms in total. The number of benzene rings is 1. The number of carboxylic acids is 1. The number of nitrogens with one attached hydrogen (secondary N) is 1. The predicted molar refractivity (Wildman–Crippen MR) is 88.0 cm³/mol. The van der Waals surface area contributed by atoms with Crippen molar-refractivity contribution in [2.45, 2.75) is 50.4 Å². The van der Waals surface area contributed by atoms with Crippen LogP contribution in [0.4, 0.5) is 4.39 Å². The summed E-state index contributed by atoms with van der Waals surface area (Å²) in [6.45, 7) is 0.547. The first-order valence-corrected chi connectivity index (χ1v) is 8.77. The maximum absolute atomic E-state index is 13.2. The molecule has 1 aromatic rings. The summed E-state index contributed by atoms with van der Waals surface area (Å²) in [7, 11) is 0. The summed E-state index contributed by atoms with van der Waals surface area (Å²) in [5, 5.41) is 12.1. The van der Waals surface area contributed by atoms with Crippen molar-refractivity contribution in [1.82, 2.24) is 5.32 Å². The zero-order valence-electron chi connectivity index (χ0n) is 13.8. The van der Waals surface area contributed by atoms with E-state index in [1.807, 2.05) is 12.1 Å². The van der Waals surface area contributed by atoms with Gasteiger partial charge in [0.2, 0.25) is 5.91 Å². The Hall–Kier alpha value is -1.91. The van der Waals surface area contributed by atoms with Crippen LogP contribution in [-0.2, 0) is 15.0 Å². The molecule has 0 heterocycles. The summed E-state index contributed by atoms with van der Waals surface area (Å²) in [6.07, 6.45) is 5.85. The Morgan fingerprint density at radius 3 is 2.33 bits per heavy atom. The normalized spacial score (nSPS) is 25.5. The number of halogens is 1. The molecule has 2 aliphatic carbocycles. The third-order valence-electron chi connectivity index (χ3n) is 5.77. The molecule has 24 heavy (non-hydrogen) atoms. The van der Waals surface area contributed by atoms with Gasteiger partial charge in [0, 0.05) is 17.9 Å². The number of carboxylic acid groups (broad SMARTS) is 1. The fraction of sp³-hybridized carbons (Fsp3) is 0.579. The molecule has 2 saturated carbocycles. The smallest absolute Gasteiger partial charge is 0.306 e. The first kappa shape index (κ1) is 16.9. The molecule has 0 aromatic heterocycles. The molecule has 0 aliphatic heterocycles. The van der Waals surface area contributed by atoms with Crippen molar-refractivity contribution in [3.05, 3.63) is 35.6 Å². The molecule has 2 aliphatic rings. The molecule has 0 radical (unpaired) electrons. The van der Waals surface area contributed by atoms with Crippen molar-refractivity contribution >= 4 is 11.9 Å². The van der Waals surface area contributed by atoms with E-state index >= 15 is 0 Å². The van der Waals surface area contributed by atoms with Gasteiger partial charge < -0.3 is 10.4 Å². The van der Waals surface area contributed by atoms with Crippen LogP contribution in [0.3, 0.4) is 0 Å². The van der Waals surface area contributed by atoms with Gasteiger partial charge in [-0.05, 0) is 49.8 Å². The largest absolute Gasteiger partial charge is 0.481 e. The molecule has 2 fully saturated rings. The first-order valence-electron chi connectivity index (χ1n) is 8.77. The Morgan fingerprint density at radius 1 is 1.12 bits per heavy atom. The molecule has 130 valence electrons. The van der Waals surface area contributed by atoms with E-state index in [0.717, 1.165) is 31.2 Å². The van der Waals surface area contributed by atoms with Gasteiger partial charge in [0.1, 0.15) is 5.82 Å². The highest BCUT2D eigenvalue weighted by Crippen LogP contribution is 2.41. The van der Waals surface area contributed by atoms with Crippen molar-refractivity contribution in [2.24, 2.45) is 11.8 Å². The van der Waals surface area contributed by atoms with Crippen LogP contribution in [0.5, 0.6) is 0 Å². The van der Waals surface area contributed by atoms with Gasteiger partial charge in [-0.25, -0.2) is 4.39 Å². The van der Waals surface area contributed by atoms with Crippen molar-refractivity contribution in [1.29, 1.82) is 0 Å². The monoisotopic (exact) mass is 333 g/mol. The summed E-state index contributed by atoms with van der Waals surface area (Å²) < 4.78 is 13.2. The molecule has 2 N–H and O–H groups in total. The lowest BCUT2D eigenvalue weighted by molar-refractivity contribution is -0.141. The second-order valence-electron chi connectivity index (χ2n) is 7.26. The minimum atomic E-state index is -0.802. The van der Waals surface area contributed by atoms with Crippen molar-refractivity contribution in [3.63, 3.8) is 0 Å². The molecule has 0 saturated heterocycles. The molecule has 0 unspecified atom stereocenters. The van der Waals surface area contributed by atoms with Gasteiger partial charge in [0.15, 0.2) is 0 Å². The Bertz CT molecular complexity index is 608. The molecule has 1 aromatic carbocycles. The molecule has 0 bridgehead atoms. The highest BCUT2D eigenvalue weighted by Gasteiger charge is 2.38. The van der Waals surface area contributed by atoms with E-state index in [-0.39, 0.29) is 23.1 Å². The van der Waals surface area contributed by atoms with Crippen molar-refractivity contribution in [2.75, 3.05) is 6.54 Å². The van der Waals surface area contributed by atoms with E-state index in [2.05, 4.69) is 5.32 Å². The fourth-order valence-electron chi connectivity index (χ4n) is 4.27. The number of rotatable bonds is 5. The van der Waals surface area contributed by atoms with E-state index in [1.165, 1.54) is 12.1 Å². The number of amides is 1. The average molecular weight is 333 g/mol. The van der Waals surface area contributed by atoms with E-state index in [4.69, 9.17) is 5.11 Å². The van der Waals surface area contributed by atoms with Crippen LogP contribution in [0.2, 0.25) is 0 Å². The molecule has 5 heteroatoms. The van der Waals surface area contributed by atoms with Gasteiger partial charge in [-0.3, -0.25) is 9.59 Å². The Morgan fingerprint density at radius 2 is 1.75 bits per heavy atom. The topological polar surface area (TPSA) is 66.4 Å². The third-order valence-corrected chi connectivity index (χ3v) is 5.77. The average Bonchev–Trinajstić information content (AvgIpc) is 3.23. The van der Waals surface area contributed by atoms with E-state index in [1.54, 1.807) is 0 Å². The van der Waals surface area contributed by atoms with E-state index < -0.39 is 11.9 Å². The molecule has 1 amide bonds. The number of carbonyl (C=O) groups excluding carboxylic acids is 1. The first-order chi connectivity index (χ1) is 11.5. The minimum Gasteiger partial charge on any atom is -0.481 e. The molecule has 3 rings (SSSR count). The second-order valence-corrected chi connectivity index (χ2v) is 7.26. The Balaban J connectivity index is 1.64. The maximum Gasteiger partial charge on any atom is 0.306 e. The SMILES string of the molecule is O=C(O)[C@@H]1CC[C@H](C(=O)NCC2(c3ccc(F)cc3)CCCC2)C1. The summed E-state index contributed by atoms with van der Waals surface area (Å²) in [5.41, 5.74) is 0.963. The molecule has 0 spiro atoms. The highest BCUT2D eigenvalue weighted by molar-refractivity contribution is 5.81. The fourth-order valence-corrected chi connectivity index (χ4v) is 4.27. The molecular formula is C19H24FNO3. The van der Waals surface area contributed by atoms with Crippen LogP contribution >= 0.6 is 0 Å². The van der Waals surface area contributed by atoms with Crippen LogP contribution in [0, 0.1) is 17.7 Å². The van der Waals surface area contributed by atoms with Gasteiger partial charge in [-0.2, -0.15) is 0 Å². The lowest BCUT2D eigenvalue weighted by atomic mass is 9.78. The lowest BCUT2D eigenvalue weighted by Gasteiger charge is -2.30. The zero-order valence-corrected chi connectivity index (χ0v) is 13.8. The van der Waals surface area contributed by atoms with Crippen molar-refractivity contribution in [3.8, 4) is 0 Å². The third kappa shape index (κ3) is 3.45. The second kappa shape index (κ2) is 6.91. The summed E-state index contributed by atoms with van der Waals surface area (Å²) in [6, 6.07) is 6.60. The Kier molecular flexibility index (Phi) is 4.88. The van der Waals surface area contributed by atoms with Gasteiger partial charge in [0.05, 0.1) is 5.92 Å². The lowest BCUT2D eigenvalue weighted by Crippen LogP contribution is -2.41. The predicted octanol–water partition coefficient (Wildman–Crippen LogP) is 3.25.